The van der Waals surface area contributed by atoms with Crippen LogP contribution < -0.4 is 16.0 Å². The fourth-order valence-corrected chi connectivity index (χ4v) is 2.93. The van der Waals surface area contributed by atoms with Crippen molar-refractivity contribution in [3.63, 3.8) is 0 Å². The lowest BCUT2D eigenvalue weighted by Crippen LogP contribution is -2.38. The molecule has 0 bridgehead atoms. The van der Waals surface area contributed by atoms with Crippen LogP contribution >= 0.6 is 0 Å². The van der Waals surface area contributed by atoms with Crippen LogP contribution in [0.3, 0.4) is 0 Å². The number of unbranched alkanes of at least 4 members (excludes halogenated alkanes) is 1. The van der Waals surface area contributed by atoms with E-state index in [4.69, 9.17) is 0 Å². The van der Waals surface area contributed by atoms with E-state index in [2.05, 4.69) is 47.1 Å². The molecule has 0 unspecified atom stereocenters. The molecule has 6 heteroatoms. The number of hydrogen-bond acceptors (Lipinski definition) is 3. The van der Waals surface area contributed by atoms with Crippen LogP contribution in [0.4, 0.5) is 4.79 Å². The summed E-state index contributed by atoms with van der Waals surface area (Å²) in [5, 5.41) is 7.56. The zero-order chi connectivity index (χ0) is 18.4. The van der Waals surface area contributed by atoms with Gasteiger partial charge < -0.3 is 10.6 Å². The van der Waals surface area contributed by atoms with Crippen molar-refractivity contribution in [2.24, 2.45) is 5.92 Å². The second-order valence-electron chi connectivity index (χ2n) is 6.85. The van der Waals surface area contributed by atoms with Gasteiger partial charge in [0.05, 0.1) is 12.5 Å². The summed E-state index contributed by atoms with van der Waals surface area (Å²) in [4.78, 5) is 35.0. The molecule has 1 heterocycles. The normalized spacial score (nSPS) is 18.0. The zero-order valence-electron chi connectivity index (χ0n) is 15.1. The average molecular weight is 345 g/mol. The number of rotatable bonds is 8. The van der Waals surface area contributed by atoms with Gasteiger partial charge in [0.25, 0.3) is 5.91 Å². The smallest absolute Gasteiger partial charge is 0.322 e. The highest BCUT2D eigenvalue weighted by Crippen LogP contribution is 2.23. The van der Waals surface area contributed by atoms with E-state index in [0.717, 1.165) is 18.4 Å². The van der Waals surface area contributed by atoms with Crippen molar-refractivity contribution in [3.05, 3.63) is 35.4 Å². The SMILES string of the molecule is CCCCc1ccc([C@@H](NC(=O)C[C@@H]2NC(=O)NC2=O)C(C)C)cc1. The maximum atomic E-state index is 12.3. The number of nitrogens with one attached hydrogen (secondary N) is 3. The Morgan fingerprint density at radius 3 is 2.40 bits per heavy atom. The van der Waals surface area contributed by atoms with Gasteiger partial charge in [0.2, 0.25) is 5.91 Å². The zero-order valence-corrected chi connectivity index (χ0v) is 15.1. The third kappa shape index (κ3) is 5.31. The number of benzene rings is 1. The summed E-state index contributed by atoms with van der Waals surface area (Å²) in [5.41, 5.74) is 2.34. The predicted molar refractivity (Wildman–Crippen MR) is 95.9 cm³/mol. The van der Waals surface area contributed by atoms with Gasteiger partial charge in [-0.15, -0.1) is 0 Å². The molecular formula is C19H27N3O3. The molecule has 2 rings (SSSR count). The second-order valence-corrected chi connectivity index (χ2v) is 6.85. The van der Waals surface area contributed by atoms with Crippen LogP contribution in [0.25, 0.3) is 0 Å². The van der Waals surface area contributed by atoms with Gasteiger partial charge in [-0.1, -0.05) is 51.5 Å². The molecule has 0 aromatic heterocycles. The fraction of sp³-hybridized carbons (Fsp3) is 0.526. The van der Waals surface area contributed by atoms with Crippen molar-refractivity contribution in [2.75, 3.05) is 0 Å². The molecule has 1 saturated heterocycles. The van der Waals surface area contributed by atoms with Gasteiger partial charge >= 0.3 is 6.03 Å². The number of hydrogen-bond donors (Lipinski definition) is 3. The standard InChI is InChI=1S/C19H27N3O3/c1-4-5-6-13-7-9-14(10-8-13)17(12(2)3)21-16(23)11-15-18(24)22-19(25)20-15/h7-10,12,15,17H,4-6,11H2,1-3H3,(H,21,23)(H2,20,22,24,25)/t15-,17-/m0/s1. The van der Waals surface area contributed by atoms with Gasteiger partial charge in [0.1, 0.15) is 6.04 Å². The molecule has 0 spiro atoms. The van der Waals surface area contributed by atoms with Gasteiger partial charge in [-0.05, 0) is 29.9 Å². The largest absolute Gasteiger partial charge is 0.349 e. The molecule has 0 saturated carbocycles. The monoisotopic (exact) mass is 345 g/mol. The van der Waals surface area contributed by atoms with E-state index in [1.165, 1.54) is 12.0 Å². The second kappa shape index (κ2) is 8.65. The molecule has 0 radical (unpaired) electrons. The van der Waals surface area contributed by atoms with Gasteiger partial charge in [-0.3, -0.25) is 14.9 Å². The number of carbonyl (C=O) groups is 3. The number of carbonyl (C=O) groups excluding carboxylic acids is 3. The molecule has 1 aromatic rings. The van der Waals surface area contributed by atoms with E-state index in [0.29, 0.717) is 0 Å². The lowest BCUT2D eigenvalue weighted by atomic mass is 9.94. The van der Waals surface area contributed by atoms with E-state index in [9.17, 15) is 14.4 Å². The molecule has 0 aliphatic carbocycles. The Hall–Kier alpha value is -2.37. The van der Waals surface area contributed by atoms with Crippen molar-refractivity contribution >= 4 is 17.8 Å². The minimum absolute atomic E-state index is 0.0601. The lowest BCUT2D eigenvalue weighted by Gasteiger charge is -2.23. The Bertz CT molecular complexity index is 625. The third-order valence-electron chi connectivity index (χ3n) is 4.39. The van der Waals surface area contributed by atoms with Gasteiger partial charge in [0, 0.05) is 0 Å². The Kier molecular flexibility index (Phi) is 6.56. The van der Waals surface area contributed by atoms with Crippen molar-refractivity contribution in [2.45, 2.75) is 58.5 Å². The van der Waals surface area contributed by atoms with Gasteiger partial charge in [-0.25, -0.2) is 4.79 Å². The van der Waals surface area contributed by atoms with Crippen molar-refractivity contribution in [1.82, 2.24) is 16.0 Å². The summed E-state index contributed by atoms with van der Waals surface area (Å²) in [5.74, 6) is -0.505. The van der Waals surface area contributed by atoms with Crippen LogP contribution in [0.2, 0.25) is 0 Å². The molecule has 1 fully saturated rings. The minimum atomic E-state index is -0.795. The Morgan fingerprint density at radius 2 is 1.88 bits per heavy atom. The molecule has 1 aliphatic rings. The van der Waals surface area contributed by atoms with Crippen molar-refractivity contribution < 1.29 is 14.4 Å². The minimum Gasteiger partial charge on any atom is -0.349 e. The molecule has 1 aliphatic heterocycles. The number of amides is 4. The van der Waals surface area contributed by atoms with Crippen LogP contribution in [-0.4, -0.2) is 23.9 Å². The first-order chi connectivity index (χ1) is 11.9. The first kappa shape index (κ1) is 19.0. The highest BCUT2D eigenvalue weighted by Gasteiger charge is 2.32. The Balaban J connectivity index is 1.99. The number of urea groups is 1. The van der Waals surface area contributed by atoms with E-state index < -0.39 is 18.0 Å². The Morgan fingerprint density at radius 1 is 1.20 bits per heavy atom. The maximum absolute atomic E-state index is 12.3. The van der Waals surface area contributed by atoms with Crippen molar-refractivity contribution in [1.29, 1.82) is 0 Å². The fourth-order valence-electron chi connectivity index (χ4n) is 2.93. The van der Waals surface area contributed by atoms with E-state index in [1.54, 1.807) is 0 Å². The average Bonchev–Trinajstić information content (AvgIpc) is 2.88. The molecule has 3 N–H and O–H groups in total. The maximum Gasteiger partial charge on any atom is 0.322 e. The van der Waals surface area contributed by atoms with E-state index in [-0.39, 0.29) is 24.3 Å². The van der Waals surface area contributed by atoms with Gasteiger partial charge in [-0.2, -0.15) is 0 Å². The first-order valence-electron chi connectivity index (χ1n) is 8.90. The molecule has 2 atom stereocenters. The highest BCUT2D eigenvalue weighted by atomic mass is 16.2. The van der Waals surface area contributed by atoms with E-state index in [1.807, 2.05) is 13.8 Å². The summed E-state index contributed by atoms with van der Waals surface area (Å²) < 4.78 is 0. The van der Waals surface area contributed by atoms with Crippen LogP contribution in [0.15, 0.2) is 24.3 Å². The summed E-state index contributed by atoms with van der Waals surface area (Å²) in [6, 6.07) is 6.85. The predicted octanol–water partition coefficient (Wildman–Crippen LogP) is 2.44. The molecule has 1 aromatic carbocycles. The van der Waals surface area contributed by atoms with E-state index >= 15 is 0 Å². The summed E-state index contributed by atoms with van der Waals surface area (Å²) in [6.45, 7) is 6.26. The number of aryl methyl sites for hydroxylation is 1. The van der Waals surface area contributed by atoms with Gasteiger partial charge in [0.15, 0.2) is 0 Å². The lowest BCUT2D eigenvalue weighted by molar-refractivity contribution is -0.127. The summed E-state index contributed by atoms with van der Waals surface area (Å²) >= 11 is 0. The quantitative estimate of drug-likeness (QED) is 0.632. The van der Waals surface area contributed by atoms with Crippen LogP contribution in [0.5, 0.6) is 0 Å². The topological polar surface area (TPSA) is 87.3 Å². The van der Waals surface area contributed by atoms with Crippen molar-refractivity contribution in [3.8, 4) is 0 Å². The highest BCUT2D eigenvalue weighted by molar-refractivity contribution is 6.05. The van der Waals surface area contributed by atoms with Crippen LogP contribution in [0, 0.1) is 5.92 Å². The first-order valence-corrected chi connectivity index (χ1v) is 8.90. The Labute approximate surface area is 148 Å². The molecule has 25 heavy (non-hydrogen) atoms. The molecule has 4 amide bonds. The van der Waals surface area contributed by atoms with Crippen LogP contribution in [-0.2, 0) is 16.0 Å². The molecule has 6 nitrogen and oxygen atoms in total. The summed E-state index contributed by atoms with van der Waals surface area (Å²) in [7, 11) is 0. The molecular weight excluding hydrogens is 318 g/mol. The number of imide groups is 1. The third-order valence-corrected chi connectivity index (χ3v) is 4.39. The van der Waals surface area contributed by atoms with Crippen LogP contribution in [0.1, 0.15) is 57.2 Å². The summed E-state index contributed by atoms with van der Waals surface area (Å²) in [6.07, 6.45) is 3.33. The molecule has 136 valence electrons.